The molecule has 4 aromatic rings. The van der Waals surface area contributed by atoms with Crippen LogP contribution in [0.3, 0.4) is 0 Å². The predicted molar refractivity (Wildman–Crippen MR) is 104 cm³/mol. The number of hydrogen-bond donors (Lipinski definition) is 2. The third kappa shape index (κ3) is 2.72. The Labute approximate surface area is 155 Å². The van der Waals surface area contributed by atoms with E-state index in [1.165, 1.54) is 0 Å². The molecule has 4 nitrogen and oxygen atoms in total. The number of fused-ring (bicyclic) bond motifs is 1. The number of nitrogens with zero attached hydrogens (tertiary/aromatic N) is 2. The van der Waals surface area contributed by atoms with Gasteiger partial charge in [-0.25, -0.2) is 0 Å². The van der Waals surface area contributed by atoms with Gasteiger partial charge in [0.1, 0.15) is 5.69 Å². The summed E-state index contributed by atoms with van der Waals surface area (Å²) in [7, 11) is 0. The van der Waals surface area contributed by atoms with E-state index in [0.717, 1.165) is 39.2 Å². The summed E-state index contributed by atoms with van der Waals surface area (Å²) < 4.78 is 2.10. The van der Waals surface area contributed by atoms with Crippen LogP contribution in [0.2, 0.25) is 10.0 Å². The van der Waals surface area contributed by atoms with Gasteiger partial charge in [0.05, 0.1) is 16.2 Å². The quantitative estimate of drug-likeness (QED) is 0.527. The molecule has 0 spiro atoms. The molecular weight excluding hydrogens is 355 g/mol. The Hall–Kier alpha value is -2.27. The smallest absolute Gasteiger partial charge is 0.111 e. The molecule has 0 amide bonds. The summed E-state index contributed by atoms with van der Waals surface area (Å²) in [6.45, 7) is 2.47. The number of rotatable bonds is 3. The van der Waals surface area contributed by atoms with Crippen molar-refractivity contribution in [2.24, 2.45) is 5.73 Å². The van der Waals surface area contributed by atoms with Crippen LogP contribution in [0.25, 0.3) is 28.0 Å². The maximum atomic E-state index is 6.73. The van der Waals surface area contributed by atoms with Gasteiger partial charge in [0.15, 0.2) is 0 Å². The highest BCUT2D eigenvalue weighted by Crippen LogP contribution is 2.40. The van der Waals surface area contributed by atoms with Crippen molar-refractivity contribution in [2.75, 3.05) is 0 Å². The molecule has 126 valence electrons. The topological polar surface area (TPSA) is 59.6 Å². The van der Waals surface area contributed by atoms with Gasteiger partial charge in [0.2, 0.25) is 0 Å². The molecule has 2 aromatic carbocycles. The van der Waals surface area contributed by atoms with E-state index in [1.54, 1.807) is 0 Å². The largest absolute Gasteiger partial charge is 0.326 e. The molecule has 4 rings (SSSR count). The average Bonchev–Trinajstić information content (AvgIpc) is 3.16. The molecular formula is C19H16Cl2N4. The van der Waals surface area contributed by atoms with Crippen molar-refractivity contribution in [2.45, 2.75) is 13.5 Å². The van der Waals surface area contributed by atoms with Crippen LogP contribution in [-0.4, -0.2) is 14.8 Å². The number of aromatic nitrogens is 3. The number of nitrogens with two attached hydrogens (primary N) is 1. The first kappa shape index (κ1) is 16.2. The van der Waals surface area contributed by atoms with Crippen molar-refractivity contribution in [3.63, 3.8) is 0 Å². The van der Waals surface area contributed by atoms with Crippen molar-refractivity contribution in [1.82, 2.24) is 14.8 Å². The third-order valence-electron chi connectivity index (χ3n) is 4.25. The zero-order chi connectivity index (χ0) is 17.6. The first-order valence-corrected chi connectivity index (χ1v) is 8.65. The molecule has 3 N–H and O–H groups in total. The number of aromatic amines is 1. The standard InChI is InChI=1S/C19H16Cl2N4/c1-11-8-16(24-23-11)19-18(21)15-9-13(20)4-7-17(15)25(19)14-5-2-12(10-22)3-6-14/h2-9H,10,22H2,1H3,(H,23,24). The lowest BCUT2D eigenvalue weighted by molar-refractivity contribution is 1.03. The highest BCUT2D eigenvalue weighted by atomic mass is 35.5. The Bertz CT molecular complexity index is 1060. The van der Waals surface area contributed by atoms with Gasteiger partial charge in [-0.3, -0.25) is 5.10 Å². The fourth-order valence-electron chi connectivity index (χ4n) is 3.04. The van der Waals surface area contributed by atoms with Crippen LogP contribution in [0.4, 0.5) is 0 Å². The lowest BCUT2D eigenvalue weighted by atomic mass is 10.2. The van der Waals surface area contributed by atoms with Gasteiger partial charge in [-0.05, 0) is 48.9 Å². The first-order valence-electron chi connectivity index (χ1n) is 7.89. The summed E-state index contributed by atoms with van der Waals surface area (Å²) in [6, 6.07) is 15.8. The number of nitrogens with one attached hydrogen (secondary N) is 1. The molecule has 0 aliphatic rings. The highest BCUT2D eigenvalue weighted by molar-refractivity contribution is 6.39. The molecule has 0 aliphatic heterocycles. The van der Waals surface area contributed by atoms with Crippen LogP contribution >= 0.6 is 23.2 Å². The second kappa shape index (κ2) is 6.23. The fourth-order valence-corrected chi connectivity index (χ4v) is 3.55. The van der Waals surface area contributed by atoms with E-state index in [1.807, 2.05) is 55.5 Å². The molecule has 0 atom stereocenters. The molecule has 0 saturated heterocycles. The highest BCUT2D eigenvalue weighted by Gasteiger charge is 2.20. The van der Waals surface area contributed by atoms with E-state index >= 15 is 0 Å². The van der Waals surface area contributed by atoms with E-state index in [2.05, 4.69) is 14.8 Å². The van der Waals surface area contributed by atoms with Gasteiger partial charge in [-0.1, -0.05) is 35.3 Å². The van der Waals surface area contributed by atoms with Gasteiger partial charge in [0, 0.05) is 28.3 Å². The maximum absolute atomic E-state index is 6.73. The van der Waals surface area contributed by atoms with Crippen molar-refractivity contribution in [3.8, 4) is 17.1 Å². The van der Waals surface area contributed by atoms with Crippen LogP contribution in [0, 0.1) is 6.92 Å². The molecule has 0 bridgehead atoms. The molecule has 2 aromatic heterocycles. The van der Waals surface area contributed by atoms with Gasteiger partial charge < -0.3 is 10.3 Å². The summed E-state index contributed by atoms with van der Waals surface area (Å²) in [5, 5.41) is 9.56. The van der Waals surface area contributed by atoms with Crippen LogP contribution < -0.4 is 5.73 Å². The van der Waals surface area contributed by atoms with Gasteiger partial charge >= 0.3 is 0 Å². The first-order chi connectivity index (χ1) is 12.1. The molecule has 25 heavy (non-hydrogen) atoms. The Morgan fingerprint density at radius 2 is 1.84 bits per heavy atom. The van der Waals surface area contributed by atoms with Crippen molar-refractivity contribution < 1.29 is 0 Å². The number of halogens is 2. The molecule has 0 fully saturated rings. The summed E-state index contributed by atoms with van der Waals surface area (Å²) >= 11 is 12.9. The zero-order valence-electron chi connectivity index (χ0n) is 13.6. The Kier molecular flexibility index (Phi) is 4.04. The summed E-state index contributed by atoms with van der Waals surface area (Å²) in [4.78, 5) is 0. The lowest BCUT2D eigenvalue weighted by Gasteiger charge is -2.10. The molecule has 0 saturated carbocycles. The minimum absolute atomic E-state index is 0.508. The third-order valence-corrected chi connectivity index (χ3v) is 4.86. The molecule has 2 heterocycles. The summed E-state index contributed by atoms with van der Waals surface area (Å²) in [6.07, 6.45) is 0. The minimum atomic E-state index is 0.508. The summed E-state index contributed by atoms with van der Waals surface area (Å²) in [5.41, 5.74) is 11.4. The van der Waals surface area contributed by atoms with E-state index in [-0.39, 0.29) is 0 Å². The average molecular weight is 371 g/mol. The minimum Gasteiger partial charge on any atom is -0.326 e. The van der Waals surface area contributed by atoms with Crippen LogP contribution in [0.15, 0.2) is 48.5 Å². The number of aryl methyl sites for hydroxylation is 1. The second-order valence-electron chi connectivity index (χ2n) is 5.97. The van der Waals surface area contributed by atoms with E-state index in [4.69, 9.17) is 28.9 Å². The van der Waals surface area contributed by atoms with Gasteiger partial charge in [-0.2, -0.15) is 5.10 Å². The molecule has 0 unspecified atom stereocenters. The van der Waals surface area contributed by atoms with E-state index in [0.29, 0.717) is 16.6 Å². The van der Waals surface area contributed by atoms with Crippen LogP contribution in [-0.2, 0) is 6.54 Å². The van der Waals surface area contributed by atoms with Crippen molar-refractivity contribution in [3.05, 3.63) is 69.8 Å². The molecule has 0 aliphatic carbocycles. The van der Waals surface area contributed by atoms with Crippen LogP contribution in [0.5, 0.6) is 0 Å². The fraction of sp³-hybridized carbons (Fsp3) is 0.105. The number of benzene rings is 2. The van der Waals surface area contributed by atoms with Crippen molar-refractivity contribution >= 4 is 34.1 Å². The monoisotopic (exact) mass is 370 g/mol. The normalized spacial score (nSPS) is 11.4. The number of H-pyrrole nitrogens is 1. The number of hydrogen-bond acceptors (Lipinski definition) is 2. The van der Waals surface area contributed by atoms with E-state index in [9.17, 15) is 0 Å². The van der Waals surface area contributed by atoms with Gasteiger partial charge in [0.25, 0.3) is 0 Å². The zero-order valence-corrected chi connectivity index (χ0v) is 15.1. The molecule has 6 heteroatoms. The predicted octanol–water partition coefficient (Wildman–Crippen LogP) is 5.09. The summed E-state index contributed by atoms with van der Waals surface area (Å²) in [5.74, 6) is 0. The SMILES string of the molecule is Cc1cc(-c2c(Cl)c3cc(Cl)ccc3n2-c2ccc(CN)cc2)n[nH]1. The van der Waals surface area contributed by atoms with Gasteiger partial charge in [-0.15, -0.1) is 0 Å². The Balaban J connectivity index is 2.06. The maximum Gasteiger partial charge on any atom is 0.111 e. The van der Waals surface area contributed by atoms with E-state index < -0.39 is 0 Å². The second-order valence-corrected chi connectivity index (χ2v) is 6.78. The van der Waals surface area contributed by atoms with Crippen LogP contribution in [0.1, 0.15) is 11.3 Å². The lowest BCUT2D eigenvalue weighted by Crippen LogP contribution is -2.00. The molecule has 0 radical (unpaired) electrons. The van der Waals surface area contributed by atoms with Crippen molar-refractivity contribution in [1.29, 1.82) is 0 Å². The Morgan fingerprint density at radius 3 is 2.48 bits per heavy atom. The Morgan fingerprint density at radius 1 is 1.08 bits per heavy atom.